The second kappa shape index (κ2) is 4.98. The molecule has 5 heteroatoms. The molecule has 1 atom stereocenters. The van der Waals surface area contributed by atoms with Gasteiger partial charge in [-0.1, -0.05) is 6.92 Å². The largest absolute Gasteiger partial charge is 0.391 e. The maximum atomic E-state index is 12.2. The number of halogens is 3. The first-order chi connectivity index (χ1) is 6.50. The van der Waals surface area contributed by atoms with Crippen LogP contribution < -0.4 is 5.32 Å². The second-order valence-electron chi connectivity index (χ2n) is 3.82. The second-order valence-corrected chi connectivity index (χ2v) is 3.82. The SMILES string of the molecule is CC(CCN1CCNCC1)C(F)(F)F. The van der Waals surface area contributed by atoms with Gasteiger partial charge in [-0.05, 0) is 13.0 Å². The van der Waals surface area contributed by atoms with Crippen molar-refractivity contribution in [1.29, 1.82) is 0 Å². The minimum atomic E-state index is -4.03. The van der Waals surface area contributed by atoms with Gasteiger partial charge in [0.1, 0.15) is 0 Å². The minimum Gasteiger partial charge on any atom is -0.314 e. The Morgan fingerprint density at radius 3 is 2.36 bits per heavy atom. The van der Waals surface area contributed by atoms with Gasteiger partial charge < -0.3 is 10.2 Å². The highest BCUT2D eigenvalue weighted by atomic mass is 19.4. The van der Waals surface area contributed by atoms with Crippen LogP contribution in [0.2, 0.25) is 0 Å². The van der Waals surface area contributed by atoms with E-state index in [1.807, 2.05) is 0 Å². The number of alkyl halides is 3. The van der Waals surface area contributed by atoms with Gasteiger partial charge in [0.2, 0.25) is 0 Å². The predicted molar refractivity (Wildman–Crippen MR) is 49.1 cm³/mol. The third-order valence-electron chi connectivity index (χ3n) is 2.65. The van der Waals surface area contributed by atoms with E-state index < -0.39 is 12.1 Å². The molecule has 14 heavy (non-hydrogen) atoms. The van der Waals surface area contributed by atoms with Crippen molar-refractivity contribution in [2.75, 3.05) is 32.7 Å². The first kappa shape index (κ1) is 11.8. The molecule has 0 radical (unpaired) electrons. The molecule has 0 spiro atoms. The maximum absolute atomic E-state index is 12.2. The van der Waals surface area contributed by atoms with E-state index in [1.165, 1.54) is 6.92 Å². The van der Waals surface area contributed by atoms with Gasteiger partial charge in [0, 0.05) is 26.2 Å². The van der Waals surface area contributed by atoms with Crippen LogP contribution in [0.1, 0.15) is 13.3 Å². The highest BCUT2D eigenvalue weighted by Gasteiger charge is 2.35. The van der Waals surface area contributed by atoms with Gasteiger partial charge in [-0.2, -0.15) is 13.2 Å². The summed E-state index contributed by atoms with van der Waals surface area (Å²) in [5, 5.41) is 3.17. The number of hydrogen-bond acceptors (Lipinski definition) is 2. The van der Waals surface area contributed by atoms with Crippen LogP contribution in [0.15, 0.2) is 0 Å². The van der Waals surface area contributed by atoms with Crippen molar-refractivity contribution in [3.8, 4) is 0 Å². The van der Waals surface area contributed by atoms with Crippen molar-refractivity contribution < 1.29 is 13.2 Å². The Labute approximate surface area is 82.5 Å². The van der Waals surface area contributed by atoms with Crippen LogP contribution in [-0.2, 0) is 0 Å². The predicted octanol–water partition coefficient (Wildman–Crippen LogP) is 1.48. The van der Waals surface area contributed by atoms with Crippen LogP contribution in [0.3, 0.4) is 0 Å². The Morgan fingerprint density at radius 2 is 1.86 bits per heavy atom. The number of nitrogens with one attached hydrogen (secondary N) is 1. The van der Waals surface area contributed by atoms with Gasteiger partial charge in [-0.15, -0.1) is 0 Å². The van der Waals surface area contributed by atoms with Crippen molar-refractivity contribution in [3.63, 3.8) is 0 Å². The lowest BCUT2D eigenvalue weighted by molar-refractivity contribution is -0.172. The molecule has 1 rings (SSSR count). The molecule has 0 aromatic rings. The maximum Gasteiger partial charge on any atom is 0.391 e. The van der Waals surface area contributed by atoms with E-state index in [-0.39, 0.29) is 6.42 Å². The zero-order valence-corrected chi connectivity index (χ0v) is 8.40. The lowest BCUT2D eigenvalue weighted by atomic mass is 10.1. The van der Waals surface area contributed by atoms with Gasteiger partial charge in [-0.3, -0.25) is 0 Å². The summed E-state index contributed by atoms with van der Waals surface area (Å²) in [6, 6.07) is 0. The number of piperazine rings is 1. The summed E-state index contributed by atoms with van der Waals surface area (Å²) in [4.78, 5) is 2.08. The Balaban J connectivity index is 2.19. The van der Waals surface area contributed by atoms with E-state index in [0.717, 1.165) is 26.2 Å². The quantitative estimate of drug-likeness (QED) is 0.759. The van der Waals surface area contributed by atoms with Crippen molar-refractivity contribution in [2.24, 2.45) is 5.92 Å². The molecule has 1 unspecified atom stereocenters. The summed E-state index contributed by atoms with van der Waals surface area (Å²) in [6.45, 7) is 5.32. The summed E-state index contributed by atoms with van der Waals surface area (Å²) >= 11 is 0. The molecule has 1 fully saturated rings. The fraction of sp³-hybridized carbons (Fsp3) is 1.00. The first-order valence-electron chi connectivity index (χ1n) is 5.00. The number of rotatable bonds is 3. The Bertz CT molecular complexity index is 164. The van der Waals surface area contributed by atoms with Crippen molar-refractivity contribution in [3.05, 3.63) is 0 Å². The van der Waals surface area contributed by atoms with Crippen LogP contribution in [0.5, 0.6) is 0 Å². The first-order valence-corrected chi connectivity index (χ1v) is 5.00. The molecule has 1 saturated heterocycles. The highest BCUT2D eigenvalue weighted by molar-refractivity contribution is 4.70. The van der Waals surface area contributed by atoms with E-state index >= 15 is 0 Å². The van der Waals surface area contributed by atoms with E-state index in [4.69, 9.17) is 0 Å². The number of hydrogen-bond donors (Lipinski definition) is 1. The minimum absolute atomic E-state index is 0.212. The summed E-state index contributed by atoms with van der Waals surface area (Å²) in [5.41, 5.74) is 0. The van der Waals surface area contributed by atoms with Gasteiger partial charge in [0.15, 0.2) is 0 Å². The Morgan fingerprint density at radius 1 is 1.29 bits per heavy atom. The van der Waals surface area contributed by atoms with Crippen LogP contribution in [0, 0.1) is 5.92 Å². The van der Waals surface area contributed by atoms with Crippen molar-refractivity contribution in [1.82, 2.24) is 10.2 Å². The van der Waals surface area contributed by atoms with Crippen molar-refractivity contribution >= 4 is 0 Å². The van der Waals surface area contributed by atoms with Crippen LogP contribution in [0.25, 0.3) is 0 Å². The lowest BCUT2D eigenvalue weighted by Gasteiger charge is -2.28. The normalized spacial score (nSPS) is 22.3. The molecule has 0 bridgehead atoms. The van der Waals surface area contributed by atoms with E-state index in [2.05, 4.69) is 10.2 Å². The topological polar surface area (TPSA) is 15.3 Å². The molecule has 1 heterocycles. The summed E-state index contributed by atoms with van der Waals surface area (Å²) in [7, 11) is 0. The van der Waals surface area contributed by atoms with E-state index in [0.29, 0.717) is 6.54 Å². The molecule has 0 amide bonds. The molecule has 1 N–H and O–H groups in total. The average Bonchev–Trinajstić information content (AvgIpc) is 2.14. The average molecular weight is 210 g/mol. The van der Waals surface area contributed by atoms with Gasteiger partial charge in [0.25, 0.3) is 0 Å². The van der Waals surface area contributed by atoms with Gasteiger partial charge in [-0.25, -0.2) is 0 Å². The molecule has 2 nitrogen and oxygen atoms in total. The van der Waals surface area contributed by atoms with Crippen LogP contribution in [-0.4, -0.2) is 43.8 Å². The molecule has 1 aliphatic heterocycles. The molecular weight excluding hydrogens is 193 g/mol. The van der Waals surface area contributed by atoms with Crippen LogP contribution in [0.4, 0.5) is 13.2 Å². The number of nitrogens with zero attached hydrogens (tertiary/aromatic N) is 1. The standard InChI is InChI=1S/C9H17F3N2/c1-8(9(10,11)12)2-5-14-6-3-13-4-7-14/h8,13H,2-7H2,1H3. The molecule has 0 aliphatic carbocycles. The Hall–Kier alpha value is -0.290. The van der Waals surface area contributed by atoms with Crippen LogP contribution >= 0.6 is 0 Å². The molecule has 0 aromatic heterocycles. The summed E-state index contributed by atoms with van der Waals surface area (Å²) in [6.07, 6.45) is -3.82. The fourth-order valence-corrected chi connectivity index (χ4v) is 1.47. The fourth-order valence-electron chi connectivity index (χ4n) is 1.47. The summed E-state index contributed by atoms with van der Waals surface area (Å²) < 4.78 is 36.5. The highest BCUT2D eigenvalue weighted by Crippen LogP contribution is 2.28. The van der Waals surface area contributed by atoms with E-state index in [9.17, 15) is 13.2 Å². The smallest absolute Gasteiger partial charge is 0.314 e. The molecule has 84 valence electrons. The Kier molecular flexibility index (Phi) is 4.19. The van der Waals surface area contributed by atoms with E-state index in [1.54, 1.807) is 0 Å². The van der Waals surface area contributed by atoms with Gasteiger partial charge in [0.05, 0.1) is 5.92 Å². The zero-order valence-electron chi connectivity index (χ0n) is 8.40. The third-order valence-corrected chi connectivity index (χ3v) is 2.65. The monoisotopic (exact) mass is 210 g/mol. The lowest BCUT2D eigenvalue weighted by Crippen LogP contribution is -2.44. The molecule has 0 saturated carbocycles. The third kappa shape index (κ3) is 3.84. The van der Waals surface area contributed by atoms with Gasteiger partial charge >= 0.3 is 6.18 Å². The zero-order chi connectivity index (χ0) is 10.6. The molecular formula is C9H17F3N2. The molecule has 1 aliphatic rings. The summed E-state index contributed by atoms with van der Waals surface area (Å²) in [5.74, 6) is -1.18. The molecule has 0 aromatic carbocycles. The van der Waals surface area contributed by atoms with Crippen molar-refractivity contribution in [2.45, 2.75) is 19.5 Å².